The van der Waals surface area contributed by atoms with Gasteiger partial charge in [0.2, 0.25) is 0 Å². The highest BCUT2D eigenvalue weighted by atomic mass is 16.6. The molecule has 0 N–H and O–H groups in total. The van der Waals surface area contributed by atoms with Crippen LogP contribution in [0, 0.1) is 0 Å². The Balaban J connectivity index is 4.49. The predicted octanol–water partition coefficient (Wildman–Crippen LogP) is 17.5. The Labute approximate surface area is 400 Å². The molecule has 368 valence electrons. The van der Waals surface area contributed by atoms with Crippen LogP contribution < -0.4 is 0 Å². The predicted molar refractivity (Wildman–Crippen MR) is 279 cm³/mol. The molecule has 0 aliphatic rings. The van der Waals surface area contributed by atoms with Crippen LogP contribution >= 0.6 is 0 Å². The second-order valence-electron chi connectivity index (χ2n) is 17.2. The average molecular weight is 901 g/mol. The molecule has 0 aliphatic carbocycles. The molecule has 0 aromatic heterocycles. The van der Waals surface area contributed by atoms with Gasteiger partial charge >= 0.3 is 17.9 Å². The molecule has 1 atom stereocenters. The van der Waals surface area contributed by atoms with Crippen LogP contribution in [0.4, 0.5) is 0 Å². The van der Waals surface area contributed by atoms with Crippen molar-refractivity contribution in [3.05, 3.63) is 109 Å². The smallest absolute Gasteiger partial charge is 0.306 e. The van der Waals surface area contributed by atoms with Crippen molar-refractivity contribution >= 4 is 17.9 Å². The van der Waals surface area contributed by atoms with Crippen molar-refractivity contribution in [2.45, 2.75) is 232 Å². The van der Waals surface area contributed by atoms with Gasteiger partial charge in [0.05, 0.1) is 0 Å². The fraction of sp³-hybridized carbons (Fsp3) is 0.644. The maximum atomic E-state index is 12.8. The van der Waals surface area contributed by atoms with Gasteiger partial charge in [0.25, 0.3) is 0 Å². The molecule has 0 aliphatic heterocycles. The number of hydrogen-bond acceptors (Lipinski definition) is 6. The van der Waals surface area contributed by atoms with Gasteiger partial charge in [0, 0.05) is 19.3 Å². The molecule has 6 nitrogen and oxygen atoms in total. The summed E-state index contributed by atoms with van der Waals surface area (Å²) in [7, 11) is 0. The third-order valence-corrected chi connectivity index (χ3v) is 11.0. The molecular formula is C59H96O6. The van der Waals surface area contributed by atoms with E-state index in [2.05, 4.69) is 57.2 Å². The summed E-state index contributed by atoms with van der Waals surface area (Å²) in [6, 6.07) is 0. The summed E-state index contributed by atoms with van der Waals surface area (Å²) < 4.78 is 16.8. The molecule has 0 amide bonds. The van der Waals surface area contributed by atoms with Crippen molar-refractivity contribution in [1.82, 2.24) is 0 Å². The van der Waals surface area contributed by atoms with Gasteiger partial charge in [-0.25, -0.2) is 0 Å². The van der Waals surface area contributed by atoms with Gasteiger partial charge in [-0.15, -0.1) is 0 Å². The van der Waals surface area contributed by atoms with Crippen LogP contribution in [0.25, 0.3) is 0 Å². The van der Waals surface area contributed by atoms with Gasteiger partial charge in [0.1, 0.15) is 13.2 Å². The van der Waals surface area contributed by atoms with Crippen LogP contribution in [-0.2, 0) is 28.6 Å². The Morgan fingerprint density at radius 1 is 0.338 bits per heavy atom. The van der Waals surface area contributed by atoms with E-state index in [4.69, 9.17) is 14.2 Å². The van der Waals surface area contributed by atoms with E-state index in [1.165, 1.54) is 103 Å². The highest BCUT2D eigenvalue weighted by molar-refractivity contribution is 5.71. The van der Waals surface area contributed by atoms with Gasteiger partial charge in [-0.05, 0) is 70.6 Å². The summed E-state index contributed by atoms with van der Waals surface area (Å²) in [6.07, 6.45) is 70.6. The summed E-state index contributed by atoms with van der Waals surface area (Å²) in [5.41, 5.74) is 0. The minimum absolute atomic E-state index is 0.0965. The lowest BCUT2D eigenvalue weighted by molar-refractivity contribution is -0.167. The number of esters is 3. The van der Waals surface area contributed by atoms with E-state index in [0.29, 0.717) is 19.3 Å². The van der Waals surface area contributed by atoms with E-state index in [0.717, 1.165) is 83.5 Å². The second kappa shape index (κ2) is 52.7. The molecule has 0 radical (unpaired) electrons. The molecular weight excluding hydrogens is 805 g/mol. The fourth-order valence-corrected chi connectivity index (χ4v) is 6.98. The van der Waals surface area contributed by atoms with E-state index < -0.39 is 6.10 Å². The molecule has 0 aromatic rings. The van der Waals surface area contributed by atoms with Crippen molar-refractivity contribution in [2.75, 3.05) is 13.2 Å². The fourth-order valence-electron chi connectivity index (χ4n) is 6.98. The van der Waals surface area contributed by atoms with E-state index in [1.54, 1.807) is 0 Å². The number of allylic oxidation sites excluding steroid dienone is 18. The monoisotopic (exact) mass is 901 g/mol. The molecule has 0 saturated heterocycles. The van der Waals surface area contributed by atoms with Crippen LogP contribution in [-0.4, -0.2) is 37.2 Å². The number of carbonyl (C=O) groups excluding carboxylic acids is 3. The lowest BCUT2D eigenvalue weighted by Gasteiger charge is -2.18. The molecule has 0 heterocycles. The first-order valence-electron chi connectivity index (χ1n) is 26.5. The molecule has 0 bridgehead atoms. The zero-order chi connectivity index (χ0) is 47.2. The summed E-state index contributed by atoms with van der Waals surface area (Å²) in [4.78, 5) is 38.0. The molecule has 65 heavy (non-hydrogen) atoms. The number of unbranched alkanes of at least 4 members (excludes halogenated alkanes) is 23. The Morgan fingerprint density at radius 3 is 1.11 bits per heavy atom. The lowest BCUT2D eigenvalue weighted by atomic mass is 10.1. The van der Waals surface area contributed by atoms with E-state index in [-0.39, 0.29) is 31.1 Å². The van der Waals surface area contributed by atoms with Crippen molar-refractivity contribution < 1.29 is 28.6 Å². The van der Waals surface area contributed by atoms with E-state index >= 15 is 0 Å². The molecule has 0 fully saturated rings. The zero-order valence-electron chi connectivity index (χ0n) is 42.0. The van der Waals surface area contributed by atoms with Gasteiger partial charge in [-0.1, -0.05) is 246 Å². The third-order valence-electron chi connectivity index (χ3n) is 11.0. The molecule has 0 spiro atoms. The lowest BCUT2D eigenvalue weighted by Crippen LogP contribution is -2.30. The van der Waals surface area contributed by atoms with Crippen LogP contribution in [0.15, 0.2) is 109 Å². The summed E-state index contributed by atoms with van der Waals surface area (Å²) in [5, 5.41) is 0. The summed E-state index contributed by atoms with van der Waals surface area (Å²) in [5.74, 6) is -0.955. The number of rotatable bonds is 46. The molecule has 6 heteroatoms. The minimum Gasteiger partial charge on any atom is -0.462 e. The molecule has 0 saturated carbocycles. The topological polar surface area (TPSA) is 78.9 Å². The second-order valence-corrected chi connectivity index (χ2v) is 17.2. The minimum atomic E-state index is -0.801. The highest BCUT2D eigenvalue weighted by Gasteiger charge is 2.19. The first-order chi connectivity index (χ1) is 32.0. The highest BCUT2D eigenvalue weighted by Crippen LogP contribution is 2.14. The van der Waals surface area contributed by atoms with Crippen LogP contribution in [0.2, 0.25) is 0 Å². The maximum Gasteiger partial charge on any atom is 0.306 e. The normalized spacial score (nSPS) is 13.0. The maximum absolute atomic E-state index is 12.8. The van der Waals surface area contributed by atoms with E-state index in [9.17, 15) is 14.4 Å². The Kier molecular flexibility index (Phi) is 49.5. The van der Waals surface area contributed by atoms with Gasteiger partial charge < -0.3 is 14.2 Å². The molecule has 0 rings (SSSR count). The van der Waals surface area contributed by atoms with E-state index in [1.807, 2.05) is 72.9 Å². The van der Waals surface area contributed by atoms with Crippen molar-refractivity contribution in [3.8, 4) is 0 Å². The first-order valence-corrected chi connectivity index (χ1v) is 26.5. The standard InChI is InChI=1S/C59H96O6/c1-4-7-10-13-16-19-22-24-26-28-29-31-32-34-37-40-43-46-49-52-58(61)64-55-56(54-63-57(60)51-48-45-42-39-36-21-18-15-12-9-6-3)65-59(62)53-50-47-44-41-38-35-33-30-27-25-23-20-17-14-11-8-5-2/h7,10,13,16-17,19-20,22,24-29,31-32,34,37,56H,4-6,8-9,11-12,14-15,18,21,23,30,33,35-36,38-55H2,1-3H3/b10-7-,16-13-,20-17-,22-19-,26-24-,27-25-,29-28+,32-31-,37-34-. The quantitative estimate of drug-likeness (QED) is 0.0199. The Bertz CT molecular complexity index is 1360. The van der Waals surface area contributed by atoms with Crippen LogP contribution in [0.3, 0.4) is 0 Å². The Morgan fingerprint density at radius 2 is 0.662 bits per heavy atom. The van der Waals surface area contributed by atoms with Gasteiger partial charge in [-0.2, -0.15) is 0 Å². The van der Waals surface area contributed by atoms with Crippen molar-refractivity contribution in [1.29, 1.82) is 0 Å². The summed E-state index contributed by atoms with van der Waals surface area (Å²) >= 11 is 0. The molecule has 0 aromatic carbocycles. The third kappa shape index (κ3) is 50.9. The van der Waals surface area contributed by atoms with Gasteiger partial charge in [0.15, 0.2) is 6.10 Å². The summed E-state index contributed by atoms with van der Waals surface area (Å²) in [6.45, 7) is 6.41. The van der Waals surface area contributed by atoms with Crippen molar-refractivity contribution in [3.63, 3.8) is 0 Å². The Hall–Kier alpha value is -3.93. The number of carbonyl (C=O) groups is 3. The van der Waals surface area contributed by atoms with Crippen LogP contribution in [0.5, 0.6) is 0 Å². The van der Waals surface area contributed by atoms with Gasteiger partial charge in [-0.3, -0.25) is 14.4 Å². The molecule has 1 unspecified atom stereocenters. The first kappa shape index (κ1) is 61.1. The largest absolute Gasteiger partial charge is 0.462 e. The van der Waals surface area contributed by atoms with Crippen molar-refractivity contribution in [2.24, 2.45) is 0 Å². The average Bonchev–Trinajstić information content (AvgIpc) is 3.30. The zero-order valence-corrected chi connectivity index (χ0v) is 42.0. The number of ether oxygens (including phenoxy) is 3. The number of hydrogen-bond donors (Lipinski definition) is 0. The van der Waals surface area contributed by atoms with Crippen LogP contribution in [0.1, 0.15) is 226 Å². The SMILES string of the molecule is CC\C=C/C=C\C=C/C=C\C=C\C=C/C=C\CCCCCC(=O)OCC(COC(=O)CCCCCCCCCCCCC)OC(=O)CCCCCCCCC/C=C\C/C=C\CCCCC.